The standard InChI is InChI=1S/C15H23N3O3S/c1-11-9-14(10-12(2)15(11)19)6-8-17-22(20,21)18(4)13(3)5-7-16/h9-10,13,17,19H,5-6,8H2,1-4H3/t13-/m0/s1. The summed E-state index contributed by atoms with van der Waals surface area (Å²) in [5.41, 5.74) is 2.51. The number of benzene rings is 1. The Morgan fingerprint density at radius 2 is 1.91 bits per heavy atom. The Balaban J connectivity index is 2.65. The molecule has 2 N–H and O–H groups in total. The summed E-state index contributed by atoms with van der Waals surface area (Å²) >= 11 is 0. The second-order valence-electron chi connectivity index (χ2n) is 5.46. The van der Waals surface area contributed by atoms with E-state index >= 15 is 0 Å². The van der Waals surface area contributed by atoms with Crippen LogP contribution in [0.2, 0.25) is 0 Å². The van der Waals surface area contributed by atoms with Gasteiger partial charge in [-0.15, -0.1) is 0 Å². The van der Waals surface area contributed by atoms with Gasteiger partial charge in [0.1, 0.15) is 5.75 Å². The van der Waals surface area contributed by atoms with Crippen LogP contribution in [0.1, 0.15) is 30.0 Å². The number of phenolic OH excluding ortho intramolecular Hbond substituents is 1. The van der Waals surface area contributed by atoms with Crippen molar-refractivity contribution in [2.24, 2.45) is 0 Å². The highest BCUT2D eigenvalue weighted by atomic mass is 32.2. The average Bonchev–Trinajstić information content (AvgIpc) is 2.43. The van der Waals surface area contributed by atoms with Crippen molar-refractivity contribution in [2.75, 3.05) is 13.6 Å². The largest absolute Gasteiger partial charge is 0.507 e. The molecule has 0 spiro atoms. The van der Waals surface area contributed by atoms with Crippen molar-refractivity contribution in [3.63, 3.8) is 0 Å². The van der Waals surface area contributed by atoms with Crippen molar-refractivity contribution in [1.29, 1.82) is 5.26 Å². The Kier molecular flexibility index (Phi) is 6.35. The zero-order chi connectivity index (χ0) is 16.9. The van der Waals surface area contributed by atoms with Crippen LogP contribution in [0.5, 0.6) is 5.75 Å². The number of nitrogens with zero attached hydrogens (tertiary/aromatic N) is 2. The first-order valence-electron chi connectivity index (χ1n) is 7.07. The summed E-state index contributed by atoms with van der Waals surface area (Å²) in [4.78, 5) is 0. The Labute approximate surface area is 132 Å². The Morgan fingerprint density at radius 3 is 2.41 bits per heavy atom. The van der Waals surface area contributed by atoms with Crippen LogP contribution in [0, 0.1) is 25.2 Å². The minimum atomic E-state index is -3.60. The number of hydrogen-bond donors (Lipinski definition) is 2. The second kappa shape index (κ2) is 7.58. The Hall–Kier alpha value is -1.62. The van der Waals surface area contributed by atoms with Gasteiger partial charge in [0, 0.05) is 19.6 Å². The van der Waals surface area contributed by atoms with Gasteiger partial charge in [-0.25, -0.2) is 4.72 Å². The summed E-state index contributed by atoms with van der Waals surface area (Å²) in [6, 6.07) is 5.28. The molecule has 0 aromatic heterocycles. The summed E-state index contributed by atoms with van der Waals surface area (Å²) in [7, 11) is -2.14. The van der Waals surface area contributed by atoms with Crippen LogP contribution in [-0.4, -0.2) is 37.5 Å². The summed E-state index contributed by atoms with van der Waals surface area (Å²) in [5, 5.41) is 18.4. The summed E-state index contributed by atoms with van der Waals surface area (Å²) in [6.45, 7) is 5.57. The third-order valence-electron chi connectivity index (χ3n) is 3.64. The van der Waals surface area contributed by atoms with E-state index in [4.69, 9.17) is 5.26 Å². The molecule has 0 aliphatic heterocycles. The van der Waals surface area contributed by atoms with Crippen LogP contribution in [-0.2, 0) is 16.6 Å². The number of aryl methyl sites for hydroxylation is 2. The molecule has 0 saturated carbocycles. The van der Waals surface area contributed by atoms with Crippen LogP contribution >= 0.6 is 0 Å². The molecule has 0 unspecified atom stereocenters. The lowest BCUT2D eigenvalue weighted by Crippen LogP contribution is -2.43. The highest BCUT2D eigenvalue weighted by Crippen LogP contribution is 2.23. The summed E-state index contributed by atoms with van der Waals surface area (Å²) < 4.78 is 27.9. The van der Waals surface area contributed by atoms with Gasteiger partial charge in [-0.2, -0.15) is 18.0 Å². The minimum Gasteiger partial charge on any atom is -0.507 e. The first-order valence-corrected chi connectivity index (χ1v) is 8.51. The van der Waals surface area contributed by atoms with E-state index in [1.807, 2.05) is 32.0 Å². The van der Waals surface area contributed by atoms with E-state index in [2.05, 4.69) is 4.72 Å². The molecule has 0 bridgehead atoms. The van der Waals surface area contributed by atoms with Crippen LogP contribution in [0.15, 0.2) is 12.1 Å². The zero-order valence-electron chi connectivity index (χ0n) is 13.4. The lowest BCUT2D eigenvalue weighted by molar-refractivity contribution is 0.386. The number of aromatic hydroxyl groups is 1. The van der Waals surface area contributed by atoms with Crippen LogP contribution in [0.4, 0.5) is 0 Å². The maximum absolute atomic E-state index is 12.1. The molecule has 0 aliphatic carbocycles. The van der Waals surface area contributed by atoms with Gasteiger partial charge in [-0.3, -0.25) is 0 Å². The quantitative estimate of drug-likeness (QED) is 0.796. The number of hydrogen-bond acceptors (Lipinski definition) is 4. The molecule has 0 aliphatic rings. The van der Waals surface area contributed by atoms with E-state index < -0.39 is 10.2 Å². The fourth-order valence-electron chi connectivity index (χ4n) is 2.11. The monoisotopic (exact) mass is 325 g/mol. The minimum absolute atomic E-state index is 0.147. The SMILES string of the molecule is Cc1cc(CCNS(=O)(=O)N(C)[C@@H](C)CC#N)cc(C)c1O. The van der Waals surface area contributed by atoms with Gasteiger partial charge in [-0.05, 0) is 43.9 Å². The van der Waals surface area contributed by atoms with E-state index in [1.54, 1.807) is 6.92 Å². The molecule has 0 heterocycles. The van der Waals surface area contributed by atoms with Crippen molar-refractivity contribution in [3.05, 3.63) is 28.8 Å². The molecule has 0 saturated heterocycles. The predicted octanol–water partition coefficient (Wildman–Crippen LogP) is 1.62. The van der Waals surface area contributed by atoms with Gasteiger partial charge in [0.25, 0.3) is 10.2 Å². The molecule has 1 aromatic rings. The maximum atomic E-state index is 12.1. The lowest BCUT2D eigenvalue weighted by atomic mass is 10.0. The molecule has 0 amide bonds. The predicted molar refractivity (Wildman–Crippen MR) is 85.7 cm³/mol. The normalized spacial score (nSPS) is 13.1. The van der Waals surface area contributed by atoms with Gasteiger partial charge in [0.2, 0.25) is 0 Å². The van der Waals surface area contributed by atoms with Crippen molar-refractivity contribution in [3.8, 4) is 11.8 Å². The topological polar surface area (TPSA) is 93.4 Å². The molecule has 0 fully saturated rings. The highest BCUT2D eigenvalue weighted by molar-refractivity contribution is 7.87. The van der Waals surface area contributed by atoms with Gasteiger partial charge in [0.15, 0.2) is 0 Å². The maximum Gasteiger partial charge on any atom is 0.279 e. The van der Waals surface area contributed by atoms with E-state index in [9.17, 15) is 13.5 Å². The van der Waals surface area contributed by atoms with Crippen molar-refractivity contribution in [1.82, 2.24) is 9.03 Å². The second-order valence-corrected chi connectivity index (χ2v) is 7.27. The van der Waals surface area contributed by atoms with Crippen LogP contribution in [0.3, 0.4) is 0 Å². The number of rotatable bonds is 7. The van der Waals surface area contributed by atoms with E-state index in [1.165, 1.54) is 11.4 Å². The van der Waals surface area contributed by atoms with Crippen LogP contribution in [0.25, 0.3) is 0 Å². The van der Waals surface area contributed by atoms with Crippen LogP contribution < -0.4 is 4.72 Å². The molecular formula is C15H23N3O3S. The smallest absolute Gasteiger partial charge is 0.279 e. The number of phenols is 1. The van der Waals surface area contributed by atoms with Crippen molar-refractivity contribution < 1.29 is 13.5 Å². The Morgan fingerprint density at radius 1 is 1.36 bits per heavy atom. The molecular weight excluding hydrogens is 302 g/mol. The first kappa shape index (κ1) is 18.4. The number of nitrogens with one attached hydrogen (secondary N) is 1. The highest BCUT2D eigenvalue weighted by Gasteiger charge is 2.22. The molecule has 22 heavy (non-hydrogen) atoms. The lowest BCUT2D eigenvalue weighted by Gasteiger charge is -2.22. The average molecular weight is 325 g/mol. The molecule has 7 heteroatoms. The first-order chi connectivity index (χ1) is 10.2. The van der Waals surface area contributed by atoms with E-state index in [0.29, 0.717) is 6.42 Å². The third kappa shape index (κ3) is 4.70. The van der Waals surface area contributed by atoms with Crippen molar-refractivity contribution in [2.45, 2.75) is 39.7 Å². The van der Waals surface area contributed by atoms with Crippen molar-refractivity contribution >= 4 is 10.2 Å². The molecule has 122 valence electrons. The van der Waals surface area contributed by atoms with Gasteiger partial charge in [0.05, 0.1) is 12.5 Å². The molecule has 1 rings (SSSR count). The zero-order valence-corrected chi connectivity index (χ0v) is 14.2. The van der Waals surface area contributed by atoms with Gasteiger partial charge < -0.3 is 5.11 Å². The van der Waals surface area contributed by atoms with E-state index in [0.717, 1.165) is 16.7 Å². The molecule has 1 atom stereocenters. The van der Waals surface area contributed by atoms with Gasteiger partial charge >= 0.3 is 0 Å². The fourth-order valence-corrected chi connectivity index (χ4v) is 3.23. The third-order valence-corrected chi connectivity index (χ3v) is 5.32. The molecule has 0 radical (unpaired) electrons. The molecule has 1 aromatic carbocycles. The van der Waals surface area contributed by atoms with Gasteiger partial charge in [-0.1, -0.05) is 12.1 Å². The summed E-state index contributed by atoms with van der Waals surface area (Å²) in [6.07, 6.45) is 0.676. The molecule has 6 nitrogen and oxygen atoms in total. The summed E-state index contributed by atoms with van der Waals surface area (Å²) in [5.74, 6) is 0.273. The number of nitriles is 1. The van der Waals surface area contributed by atoms with E-state index in [-0.39, 0.29) is 24.8 Å². The fraction of sp³-hybridized carbons (Fsp3) is 0.533. The Bertz CT molecular complexity index is 642.